The Kier molecular flexibility index (Phi) is 6.62. The second-order valence-electron chi connectivity index (χ2n) is 5.86. The van der Waals surface area contributed by atoms with Crippen molar-refractivity contribution in [2.24, 2.45) is 5.73 Å². The Bertz CT molecular complexity index is 456. The van der Waals surface area contributed by atoms with Crippen LogP contribution in [-0.4, -0.2) is 11.9 Å². The number of carbonyl (C=O) groups excluding carboxylic acids is 1. The zero-order chi connectivity index (χ0) is 14.6. The van der Waals surface area contributed by atoms with Crippen LogP contribution >= 0.6 is 12.4 Å². The minimum Gasteiger partial charge on any atom is -0.347 e. The molecule has 0 saturated heterocycles. The summed E-state index contributed by atoms with van der Waals surface area (Å²) in [5.74, 6) is -0.210. The third kappa shape index (κ3) is 4.68. The molecule has 0 aromatic heterocycles. The highest BCUT2D eigenvalue weighted by molar-refractivity contribution is 5.85. The van der Waals surface area contributed by atoms with Crippen LogP contribution in [0, 0.1) is 5.82 Å². The molecule has 0 spiro atoms. The molecule has 0 bridgehead atoms. The minimum absolute atomic E-state index is 0. The molecular weight excluding hydrogens is 291 g/mol. The quantitative estimate of drug-likeness (QED) is 0.876. The summed E-state index contributed by atoms with van der Waals surface area (Å²) < 4.78 is 13.1. The molecule has 1 atom stereocenters. The van der Waals surface area contributed by atoms with Gasteiger partial charge in [-0.05, 0) is 43.9 Å². The van der Waals surface area contributed by atoms with Gasteiger partial charge in [0.1, 0.15) is 5.82 Å². The fourth-order valence-electron chi connectivity index (χ4n) is 2.92. The molecule has 1 aliphatic rings. The monoisotopic (exact) mass is 314 g/mol. The van der Waals surface area contributed by atoms with E-state index in [9.17, 15) is 9.18 Å². The Balaban J connectivity index is 0.00000220. The molecule has 2 rings (SSSR count). The Morgan fingerprint density at radius 3 is 2.43 bits per heavy atom. The van der Waals surface area contributed by atoms with Crippen LogP contribution in [0.2, 0.25) is 0 Å². The first kappa shape index (κ1) is 17.9. The van der Waals surface area contributed by atoms with Crippen LogP contribution < -0.4 is 11.1 Å². The molecule has 118 valence electrons. The minimum atomic E-state index is -0.317. The van der Waals surface area contributed by atoms with Crippen molar-refractivity contribution in [2.75, 3.05) is 0 Å². The van der Waals surface area contributed by atoms with Crippen LogP contribution in [-0.2, 0) is 10.3 Å². The second kappa shape index (κ2) is 7.76. The fourth-order valence-corrected chi connectivity index (χ4v) is 2.92. The molecule has 5 heteroatoms. The first-order valence-electron chi connectivity index (χ1n) is 7.34. The number of hydrogen-bond acceptors (Lipinski definition) is 2. The van der Waals surface area contributed by atoms with Crippen molar-refractivity contribution >= 4 is 18.3 Å². The molecule has 1 aliphatic carbocycles. The number of nitrogens with one attached hydrogen (secondary N) is 1. The van der Waals surface area contributed by atoms with Crippen LogP contribution in [0.5, 0.6) is 0 Å². The summed E-state index contributed by atoms with van der Waals surface area (Å²) in [4.78, 5) is 12.1. The average Bonchev–Trinajstić information content (AvgIpc) is 2.87. The maximum absolute atomic E-state index is 13.1. The lowest BCUT2D eigenvalue weighted by Gasteiger charge is -2.31. The number of nitrogens with two attached hydrogens (primary N) is 1. The van der Waals surface area contributed by atoms with Crippen molar-refractivity contribution < 1.29 is 9.18 Å². The highest BCUT2D eigenvalue weighted by Crippen LogP contribution is 2.38. The molecule has 0 heterocycles. The van der Waals surface area contributed by atoms with Crippen molar-refractivity contribution in [1.82, 2.24) is 5.32 Å². The van der Waals surface area contributed by atoms with Crippen LogP contribution in [0.1, 0.15) is 51.0 Å². The van der Waals surface area contributed by atoms with Crippen molar-refractivity contribution in [1.29, 1.82) is 0 Å². The molecule has 21 heavy (non-hydrogen) atoms. The van der Waals surface area contributed by atoms with Gasteiger partial charge in [0.2, 0.25) is 5.91 Å². The highest BCUT2D eigenvalue weighted by Gasteiger charge is 2.36. The van der Waals surface area contributed by atoms with Gasteiger partial charge < -0.3 is 11.1 Å². The van der Waals surface area contributed by atoms with E-state index >= 15 is 0 Å². The van der Waals surface area contributed by atoms with Gasteiger partial charge in [-0.1, -0.05) is 25.0 Å². The van der Waals surface area contributed by atoms with E-state index in [0.717, 1.165) is 31.2 Å². The molecule has 0 aliphatic heterocycles. The largest absolute Gasteiger partial charge is 0.347 e. The van der Waals surface area contributed by atoms with Crippen molar-refractivity contribution in [3.05, 3.63) is 35.6 Å². The molecule has 1 aromatic carbocycles. The van der Waals surface area contributed by atoms with Gasteiger partial charge in [0, 0.05) is 12.5 Å². The summed E-state index contributed by atoms with van der Waals surface area (Å²) >= 11 is 0. The summed E-state index contributed by atoms with van der Waals surface area (Å²) in [6.45, 7) is 1.90. The van der Waals surface area contributed by atoms with Gasteiger partial charge in [0.25, 0.3) is 0 Å². The van der Waals surface area contributed by atoms with Gasteiger partial charge in [0.05, 0.1) is 5.54 Å². The van der Waals surface area contributed by atoms with E-state index in [-0.39, 0.29) is 35.7 Å². The number of carbonyl (C=O) groups is 1. The Morgan fingerprint density at radius 2 is 1.90 bits per heavy atom. The second-order valence-corrected chi connectivity index (χ2v) is 5.86. The maximum Gasteiger partial charge on any atom is 0.220 e. The van der Waals surface area contributed by atoms with E-state index in [0.29, 0.717) is 12.8 Å². The normalized spacial score (nSPS) is 17.9. The molecule has 1 fully saturated rings. The van der Waals surface area contributed by atoms with E-state index < -0.39 is 0 Å². The Morgan fingerprint density at radius 1 is 1.33 bits per heavy atom. The predicted molar refractivity (Wildman–Crippen MR) is 84.8 cm³/mol. The van der Waals surface area contributed by atoms with Gasteiger partial charge in [-0.25, -0.2) is 4.39 Å². The molecule has 1 aromatic rings. The summed E-state index contributed by atoms with van der Waals surface area (Å²) in [5, 5.41) is 3.17. The topological polar surface area (TPSA) is 55.1 Å². The van der Waals surface area contributed by atoms with Crippen LogP contribution in [0.4, 0.5) is 4.39 Å². The van der Waals surface area contributed by atoms with Crippen molar-refractivity contribution in [3.8, 4) is 0 Å². The van der Waals surface area contributed by atoms with E-state index in [2.05, 4.69) is 5.32 Å². The molecule has 3 nitrogen and oxygen atoms in total. The van der Waals surface area contributed by atoms with Gasteiger partial charge in [-0.2, -0.15) is 0 Å². The molecule has 1 amide bonds. The summed E-state index contributed by atoms with van der Waals surface area (Å²) in [5.41, 5.74) is 6.38. The lowest BCUT2D eigenvalue weighted by molar-refractivity contribution is -0.123. The zero-order valence-electron chi connectivity index (χ0n) is 12.4. The smallest absolute Gasteiger partial charge is 0.220 e. The number of rotatable bonds is 5. The van der Waals surface area contributed by atoms with Crippen LogP contribution in [0.3, 0.4) is 0 Å². The Hall–Kier alpha value is -1.13. The highest BCUT2D eigenvalue weighted by atomic mass is 35.5. The van der Waals surface area contributed by atoms with Gasteiger partial charge in [-0.15, -0.1) is 12.4 Å². The number of benzene rings is 1. The van der Waals surface area contributed by atoms with E-state index in [4.69, 9.17) is 5.73 Å². The first-order chi connectivity index (χ1) is 9.52. The van der Waals surface area contributed by atoms with Gasteiger partial charge in [-0.3, -0.25) is 4.79 Å². The lowest BCUT2D eigenvalue weighted by atomic mass is 9.88. The SMILES string of the molecule is CC(N)CCC(=O)NC1(c2ccc(F)cc2)CCCC1.Cl. The Labute approximate surface area is 131 Å². The molecule has 1 unspecified atom stereocenters. The standard InChI is InChI=1S/C16H23FN2O.ClH/c1-12(18)4-9-15(20)19-16(10-2-3-11-16)13-5-7-14(17)8-6-13;/h5-8,12H,2-4,9-11,18H2,1H3,(H,19,20);1H. The van der Waals surface area contributed by atoms with Gasteiger partial charge >= 0.3 is 0 Å². The summed E-state index contributed by atoms with van der Waals surface area (Å²) in [6.07, 6.45) is 5.15. The van der Waals surface area contributed by atoms with E-state index in [1.165, 1.54) is 12.1 Å². The maximum atomic E-state index is 13.1. The van der Waals surface area contributed by atoms with Crippen molar-refractivity contribution in [2.45, 2.75) is 57.0 Å². The third-order valence-electron chi connectivity index (χ3n) is 4.06. The van der Waals surface area contributed by atoms with Crippen LogP contribution in [0.15, 0.2) is 24.3 Å². The third-order valence-corrected chi connectivity index (χ3v) is 4.06. The molecule has 1 saturated carbocycles. The number of hydrogen-bond donors (Lipinski definition) is 2. The van der Waals surface area contributed by atoms with E-state index in [1.54, 1.807) is 12.1 Å². The number of halogens is 2. The first-order valence-corrected chi connectivity index (χ1v) is 7.34. The predicted octanol–water partition coefficient (Wildman–Crippen LogP) is 3.26. The average molecular weight is 315 g/mol. The summed E-state index contributed by atoms with van der Waals surface area (Å²) in [6, 6.07) is 6.53. The van der Waals surface area contributed by atoms with Gasteiger partial charge in [0.15, 0.2) is 0 Å². The molecular formula is C16H24ClFN2O. The van der Waals surface area contributed by atoms with Crippen LogP contribution in [0.25, 0.3) is 0 Å². The zero-order valence-corrected chi connectivity index (χ0v) is 13.2. The molecule has 3 N–H and O–H groups in total. The summed E-state index contributed by atoms with van der Waals surface area (Å²) in [7, 11) is 0. The van der Waals surface area contributed by atoms with E-state index in [1.807, 2.05) is 6.92 Å². The fraction of sp³-hybridized carbons (Fsp3) is 0.562. The van der Waals surface area contributed by atoms with Crippen molar-refractivity contribution in [3.63, 3.8) is 0 Å². The lowest BCUT2D eigenvalue weighted by Crippen LogP contribution is -2.44. The number of amides is 1. The molecule has 0 radical (unpaired) electrons.